The summed E-state index contributed by atoms with van der Waals surface area (Å²) in [6, 6.07) is 14.6. The zero-order valence-corrected chi connectivity index (χ0v) is 10.6. The molecule has 0 amide bonds. The van der Waals surface area contributed by atoms with Crippen LogP contribution in [0, 0.1) is 0 Å². The van der Waals surface area contributed by atoms with E-state index in [1.54, 1.807) is 18.2 Å². The fraction of sp³-hybridized carbons (Fsp3) is 0.0714. The van der Waals surface area contributed by atoms with E-state index < -0.39 is 0 Å². The molecule has 0 aliphatic heterocycles. The van der Waals surface area contributed by atoms with Gasteiger partial charge in [-0.05, 0) is 24.3 Å². The van der Waals surface area contributed by atoms with E-state index in [4.69, 9.17) is 16.3 Å². The van der Waals surface area contributed by atoms with Crippen LogP contribution in [0.25, 0.3) is 0 Å². The average Bonchev–Trinajstić information content (AvgIpc) is 2.34. The summed E-state index contributed by atoms with van der Waals surface area (Å²) >= 11 is 6.06. The number of halogens is 1. The molecule has 0 fully saturated rings. The van der Waals surface area contributed by atoms with E-state index in [0.29, 0.717) is 16.5 Å². The third-order valence-corrected chi connectivity index (χ3v) is 2.61. The maximum absolute atomic E-state index is 11.0. The van der Waals surface area contributed by atoms with Crippen molar-refractivity contribution in [2.24, 2.45) is 0 Å². The van der Waals surface area contributed by atoms with Gasteiger partial charge >= 0.3 is 5.97 Å². The molecule has 0 saturated heterocycles. The van der Waals surface area contributed by atoms with E-state index >= 15 is 0 Å². The first-order valence-corrected chi connectivity index (χ1v) is 5.83. The Kier molecular flexibility index (Phi) is 3.85. The fourth-order valence-corrected chi connectivity index (χ4v) is 1.70. The van der Waals surface area contributed by atoms with Crippen molar-refractivity contribution < 1.29 is 9.53 Å². The van der Waals surface area contributed by atoms with Crippen LogP contribution in [0.5, 0.6) is 5.75 Å². The summed E-state index contributed by atoms with van der Waals surface area (Å²) in [5.41, 5.74) is 1.46. The van der Waals surface area contributed by atoms with Crippen molar-refractivity contribution in [3.05, 3.63) is 53.6 Å². The number of hydrogen-bond acceptors (Lipinski definition) is 3. The summed E-state index contributed by atoms with van der Waals surface area (Å²) in [6.07, 6.45) is 0. The summed E-state index contributed by atoms with van der Waals surface area (Å²) in [4.78, 5) is 11.0. The van der Waals surface area contributed by atoms with Crippen molar-refractivity contribution in [2.75, 3.05) is 5.32 Å². The largest absolute Gasteiger partial charge is 0.424 e. The second-order valence-corrected chi connectivity index (χ2v) is 4.10. The molecule has 0 heterocycles. The molecule has 2 aromatic rings. The van der Waals surface area contributed by atoms with Crippen molar-refractivity contribution in [1.82, 2.24) is 0 Å². The zero-order valence-electron chi connectivity index (χ0n) is 9.81. The second-order valence-electron chi connectivity index (χ2n) is 3.69. The lowest BCUT2D eigenvalue weighted by Crippen LogP contribution is -2.04. The predicted molar refractivity (Wildman–Crippen MR) is 72.5 cm³/mol. The third kappa shape index (κ3) is 3.02. The van der Waals surface area contributed by atoms with Gasteiger partial charge in [-0.25, -0.2) is 0 Å². The van der Waals surface area contributed by atoms with Gasteiger partial charge in [0.15, 0.2) is 5.75 Å². The van der Waals surface area contributed by atoms with Gasteiger partial charge in [0.1, 0.15) is 0 Å². The van der Waals surface area contributed by atoms with E-state index in [9.17, 15) is 4.79 Å². The highest BCUT2D eigenvalue weighted by atomic mass is 35.5. The Balaban J connectivity index is 2.29. The second kappa shape index (κ2) is 5.56. The molecule has 3 nitrogen and oxygen atoms in total. The van der Waals surface area contributed by atoms with Crippen LogP contribution in [0.4, 0.5) is 11.4 Å². The van der Waals surface area contributed by atoms with Crippen LogP contribution in [0.1, 0.15) is 6.92 Å². The smallest absolute Gasteiger partial charge is 0.308 e. The maximum Gasteiger partial charge on any atom is 0.308 e. The van der Waals surface area contributed by atoms with Crippen LogP contribution in [0.2, 0.25) is 5.02 Å². The monoisotopic (exact) mass is 261 g/mol. The van der Waals surface area contributed by atoms with E-state index in [1.807, 2.05) is 30.3 Å². The molecule has 4 heteroatoms. The standard InChI is InChI=1S/C14H12ClNO2/c1-10(17)18-14-9-5-4-8-13(14)16-12-7-3-2-6-11(12)15/h2-9,16H,1H3. The van der Waals surface area contributed by atoms with Gasteiger partial charge in [-0.2, -0.15) is 0 Å². The van der Waals surface area contributed by atoms with Gasteiger partial charge in [0, 0.05) is 6.92 Å². The molecule has 0 aromatic heterocycles. The van der Waals surface area contributed by atoms with Crippen LogP contribution in [-0.2, 0) is 4.79 Å². The molecule has 2 aromatic carbocycles. The lowest BCUT2D eigenvalue weighted by molar-refractivity contribution is -0.131. The molecule has 0 atom stereocenters. The van der Waals surface area contributed by atoms with Gasteiger partial charge in [0.2, 0.25) is 0 Å². The molecule has 0 saturated carbocycles. The van der Waals surface area contributed by atoms with Crippen LogP contribution >= 0.6 is 11.6 Å². The molecule has 0 radical (unpaired) electrons. The normalized spacial score (nSPS) is 9.89. The number of nitrogens with one attached hydrogen (secondary N) is 1. The van der Waals surface area contributed by atoms with E-state index in [1.165, 1.54) is 6.92 Å². The minimum Gasteiger partial charge on any atom is -0.424 e. The van der Waals surface area contributed by atoms with Gasteiger partial charge in [0.05, 0.1) is 16.4 Å². The molecule has 0 aliphatic carbocycles. The average molecular weight is 262 g/mol. The van der Waals surface area contributed by atoms with Crippen LogP contribution < -0.4 is 10.1 Å². The lowest BCUT2D eigenvalue weighted by atomic mass is 10.2. The number of benzene rings is 2. The van der Waals surface area contributed by atoms with Crippen molar-refractivity contribution >= 4 is 28.9 Å². The minimum atomic E-state index is -0.358. The number of esters is 1. The van der Waals surface area contributed by atoms with E-state index in [2.05, 4.69) is 5.32 Å². The number of anilines is 2. The Hall–Kier alpha value is -2.00. The Morgan fingerprint density at radius 2 is 1.67 bits per heavy atom. The van der Waals surface area contributed by atoms with Crippen molar-refractivity contribution in [2.45, 2.75) is 6.92 Å². The molecule has 1 N–H and O–H groups in total. The van der Waals surface area contributed by atoms with Crippen molar-refractivity contribution in [1.29, 1.82) is 0 Å². The number of hydrogen-bond donors (Lipinski definition) is 1. The zero-order chi connectivity index (χ0) is 13.0. The van der Waals surface area contributed by atoms with Gasteiger partial charge < -0.3 is 10.1 Å². The fourth-order valence-electron chi connectivity index (χ4n) is 1.52. The predicted octanol–water partition coefficient (Wildman–Crippen LogP) is 4.01. The van der Waals surface area contributed by atoms with Crippen molar-refractivity contribution in [3.8, 4) is 5.75 Å². The molecule has 0 spiro atoms. The Bertz CT molecular complexity index is 569. The number of ether oxygens (including phenoxy) is 1. The number of carbonyl (C=O) groups excluding carboxylic acids is 1. The highest BCUT2D eigenvalue weighted by molar-refractivity contribution is 6.33. The summed E-state index contributed by atoms with van der Waals surface area (Å²) in [7, 11) is 0. The first-order valence-electron chi connectivity index (χ1n) is 5.46. The SMILES string of the molecule is CC(=O)Oc1ccccc1Nc1ccccc1Cl. The Labute approximate surface area is 110 Å². The van der Waals surface area contributed by atoms with Crippen molar-refractivity contribution in [3.63, 3.8) is 0 Å². The molecule has 0 aliphatic rings. The Morgan fingerprint density at radius 3 is 2.33 bits per heavy atom. The maximum atomic E-state index is 11.0. The molecule has 0 bridgehead atoms. The lowest BCUT2D eigenvalue weighted by Gasteiger charge is -2.12. The van der Waals surface area contributed by atoms with Gasteiger partial charge in [0.25, 0.3) is 0 Å². The minimum absolute atomic E-state index is 0.358. The molecule has 0 unspecified atom stereocenters. The molecule has 18 heavy (non-hydrogen) atoms. The topological polar surface area (TPSA) is 38.3 Å². The van der Waals surface area contributed by atoms with Crippen LogP contribution in [0.3, 0.4) is 0 Å². The molecule has 2 rings (SSSR count). The highest BCUT2D eigenvalue weighted by Crippen LogP contribution is 2.30. The number of para-hydroxylation sites is 3. The number of carbonyl (C=O) groups is 1. The van der Waals surface area contributed by atoms with Gasteiger partial charge in [-0.3, -0.25) is 4.79 Å². The molecular formula is C14H12ClNO2. The number of rotatable bonds is 3. The molecular weight excluding hydrogens is 250 g/mol. The summed E-state index contributed by atoms with van der Waals surface area (Å²) in [5, 5.41) is 3.74. The Morgan fingerprint density at radius 1 is 1.06 bits per heavy atom. The van der Waals surface area contributed by atoms with Gasteiger partial charge in [-0.15, -0.1) is 0 Å². The summed E-state index contributed by atoms with van der Waals surface area (Å²) in [5.74, 6) is 0.119. The molecule has 92 valence electrons. The van der Waals surface area contributed by atoms with Gasteiger partial charge in [-0.1, -0.05) is 35.9 Å². The highest BCUT2D eigenvalue weighted by Gasteiger charge is 2.07. The van der Waals surface area contributed by atoms with Crippen LogP contribution in [0.15, 0.2) is 48.5 Å². The summed E-state index contributed by atoms with van der Waals surface area (Å²) in [6.45, 7) is 1.37. The summed E-state index contributed by atoms with van der Waals surface area (Å²) < 4.78 is 5.11. The quantitative estimate of drug-likeness (QED) is 0.670. The first-order chi connectivity index (χ1) is 8.66. The van der Waals surface area contributed by atoms with E-state index in [0.717, 1.165) is 5.69 Å². The third-order valence-electron chi connectivity index (χ3n) is 2.28. The van der Waals surface area contributed by atoms with Crippen LogP contribution in [-0.4, -0.2) is 5.97 Å². The van der Waals surface area contributed by atoms with E-state index in [-0.39, 0.29) is 5.97 Å². The first kappa shape index (κ1) is 12.5.